The molecule has 0 saturated heterocycles. The highest BCUT2D eigenvalue weighted by Crippen LogP contribution is 2.40. The topological polar surface area (TPSA) is 55.7 Å². The molecule has 0 aliphatic rings. The number of pyridine rings is 1. The van der Waals surface area contributed by atoms with Crippen LogP contribution < -0.4 is 0 Å². The SMILES string of the molecule is Cc1nc(C)c(-c2nc(CC(=O)Cc3c(F)cccc3F)sc2-c2cccnc2)s1. The van der Waals surface area contributed by atoms with Crippen molar-refractivity contribution in [2.45, 2.75) is 26.7 Å². The lowest BCUT2D eigenvalue weighted by Gasteiger charge is -2.03. The maximum atomic E-state index is 13.9. The Morgan fingerprint density at radius 2 is 1.73 bits per heavy atom. The first-order valence-corrected chi connectivity index (χ1v) is 10.8. The highest BCUT2D eigenvalue weighted by Gasteiger charge is 2.21. The van der Waals surface area contributed by atoms with E-state index >= 15 is 0 Å². The largest absolute Gasteiger partial charge is 0.299 e. The molecule has 0 atom stereocenters. The van der Waals surface area contributed by atoms with Crippen LogP contribution >= 0.6 is 22.7 Å². The lowest BCUT2D eigenvalue weighted by atomic mass is 10.1. The van der Waals surface area contributed by atoms with Gasteiger partial charge in [0.1, 0.15) is 28.1 Å². The van der Waals surface area contributed by atoms with Crippen molar-refractivity contribution in [1.29, 1.82) is 0 Å². The molecule has 0 amide bonds. The van der Waals surface area contributed by atoms with Gasteiger partial charge in [0.05, 0.1) is 26.9 Å². The van der Waals surface area contributed by atoms with Gasteiger partial charge in [0.25, 0.3) is 0 Å². The number of benzene rings is 1. The molecule has 0 unspecified atom stereocenters. The number of carbonyl (C=O) groups excluding carboxylic acids is 1. The standard InChI is InChI=1S/C22H17F2N3OS2/c1-12-21(29-13(2)26-12)20-22(14-5-4-8-25-11-14)30-19(27-20)10-15(28)9-16-17(23)6-3-7-18(16)24/h3-8,11H,9-10H2,1-2H3. The fraction of sp³-hybridized carbons (Fsp3) is 0.182. The Kier molecular flexibility index (Phi) is 5.78. The number of Topliss-reactive ketones (excluding diaryl/α,β-unsaturated/α-hetero) is 1. The molecule has 0 N–H and O–H groups in total. The molecule has 0 fully saturated rings. The Balaban J connectivity index is 1.68. The van der Waals surface area contributed by atoms with Crippen molar-refractivity contribution in [3.63, 3.8) is 0 Å². The predicted molar refractivity (Wildman–Crippen MR) is 115 cm³/mol. The van der Waals surface area contributed by atoms with E-state index in [1.165, 1.54) is 17.4 Å². The fourth-order valence-corrected chi connectivity index (χ4v) is 5.24. The number of hydrogen-bond acceptors (Lipinski definition) is 6. The van der Waals surface area contributed by atoms with E-state index in [1.54, 1.807) is 23.7 Å². The van der Waals surface area contributed by atoms with Gasteiger partial charge in [0, 0.05) is 29.9 Å². The number of ketones is 1. The molecule has 0 bridgehead atoms. The van der Waals surface area contributed by atoms with Gasteiger partial charge in [-0.3, -0.25) is 9.78 Å². The Morgan fingerprint density at radius 3 is 2.37 bits per heavy atom. The van der Waals surface area contributed by atoms with Gasteiger partial charge in [-0.2, -0.15) is 0 Å². The number of hydrogen-bond donors (Lipinski definition) is 0. The minimum atomic E-state index is -0.713. The molecule has 0 aliphatic heterocycles. The van der Waals surface area contributed by atoms with Crippen LogP contribution in [-0.4, -0.2) is 20.7 Å². The zero-order valence-corrected chi connectivity index (χ0v) is 17.9. The van der Waals surface area contributed by atoms with Crippen molar-refractivity contribution in [3.8, 4) is 21.0 Å². The maximum absolute atomic E-state index is 13.9. The Labute approximate surface area is 180 Å². The van der Waals surface area contributed by atoms with Gasteiger partial charge < -0.3 is 0 Å². The number of aromatic nitrogens is 3. The van der Waals surface area contributed by atoms with Gasteiger partial charge in [0.2, 0.25) is 0 Å². The highest BCUT2D eigenvalue weighted by atomic mass is 32.1. The molecular formula is C22H17F2N3OS2. The summed E-state index contributed by atoms with van der Waals surface area (Å²) >= 11 is 2.94. The summed E-state index contributed by atoms with van der Waals surface area (Å²) in [7, 11) is 0. The van der Waals surface area contributed by atoms with Gasteiger partial charge >= 0.3 is 0 Å². The van der Waals surface area contributed by atoms with Gasteiger partial charge in [-0.25, -0.2) is 18.7 Å². The van der Waals surface area contributed by atoms with E-state index in [0.717, 1.165) is 43.8 Å². The van der Waals surface area contributed by atoms with Crippen LogP contribution in [0.5, 0.6) is 0 Å². The molecule has 4 aromatic rings. The number of thiazole rings is 2. The molecule has 1 aromatic carbocycles. The Morgan fingerprint density at radius 1 is 0.967 bits per heavy atom. The molecule has 3 heterocycles. The summed E-state index contributed by atoms with van der Waals surface area (Å²) in [5.41, 5.74) is 2.32. The van der Waals surface area contributed by atoms with Crippen molar-refractivity contribution in [2.75, 3.05) is 0 Å². The van der Waals surface area contributed by atoms with Crippen molar-refractivity contribution in [3.05, 3.63) is 75.6 Å². The molecule has 0 spiro atoms. The van der Waals surface area contributed by atoms with E-state index in [9.17, 15) is 13.6 Å². The van der Waals surface area contributed by atoms with E-state index in [4.69, 9.17) is 4.98 Å². The van der Waals surface area contributed by atoms with E-state index in [-0.39, 0.29) is 24.2 Å². The number of carbonyl (C=O) groups is 1. The van der Waals surface area contributed by atoms with Crippen molar-refractivity contribution >= 4 is 28.5 Å². The number of rotatable bonds is 6. The molecule has 152 valence electrons. The third-order valence-corrected chi connectivity index (χ3v) is 6.68. The average molecular weight is 442 g/mol. The zero-order chi connectivity index (χ0) is 21.3. The Hall–Kier alpha value is -2.84. The minimum Gasteiger partial charge on any atom is -0.299 e. The molecule has 30 heavy (non-hydrogen) atoms. The number of halogens is 2. The highest BCUT2D eigenvalue weighted by molar-refractivity contribution is 7.18. The lowest BCUT2D eigenvalue weighted by Crippen LogP contribution is -2.09. The van der Waals surface area contributed by atoms with Gasteiger partial charge in [-0.1, -0.05) is 12.1 Å². The molecule has 4 nitrogen and oxygen atoms in total. The smallest absolute Gasteiger partial charge is 0.144 e. The fourth-order valence-electron chi connectivity index (χ4n) is 3.17. The average Bonchev–Trinajstić information content (AvgIpc) is 3.27. The maximum Gasteiger partial charge on any atom is 0.144 e. The van der Waals surface area contributed by atoms with Gasteiger partial charge in [-0.15, -0.1) is 22.7 Å². The first-order valence-electron chi connectivity index (χ1n) is 9.21. The molecule has 0 saturated carbocycles. The second kappa shape index (κ2) is 8.49. The predicted octanol–water partition coefficient (Wildman–Crippen LogP) is 5.58. The first-order chi connectivity index (χ1) is 14.4. The molecule has 8 heteroatoms. The van der Waals surface area contributed by atoms with Crippen LogP contribution in [-0.2, 0) is 17.6 Å². The van der Waals surface area contributed by atoms with E-state index in [0.29, 0.717) is 5.01 Å². The number of nitrogens with zero attached hydrogens (tertiary/aromatic N) is 3. The third kappa shape index (κ3) is 4.20. The lowest BCUT2D eigenvalue weighted by molar-refractivity contribution is -0.117. The summed E-state index contributed by atoms with van der Waals surface area (Å²) in [4.78, 5) is 27.8. The molecular weight excluding hydrogens is 424 g/mol. The molecule has 0 radical (unpaired) electrons. The van der Waals surface area contributed by atoms with Gasteiger partial charge in [-0.05, 0) is 32.0 Å². The van der Waals surface area contributed by atoms with Crippen molar-refractivity contribution in [2.24, 2.45) is 0 Å². The first kappa shape index (κ1) is 20.4. The molecule has 3 aromatic heterocycles. The summed E-state index contributed by atoms with van der Waals surface area (Å²) in [6.07, 6.45) is 3.14. The molecule has 0 aliphatic carbocycles. The Bertz CT molecular complexity index is 1200. The third-order valence-electron chi connectivity index (χ3n) is 4.50. The van der Waals surface area contributed by atoms with Crippen LogP contribution in [0.15, 0.2) is 42.7 Å². The minimum absolute atomic E-state index is 0.00252. The normalized spacial score (nSPS) is 11.1. The summed E-state index contributed by atoms with van der Waals surface area (Å²) < 4.78 is 27.8. The van der Waals surface area contributed by atoms with Crippen LogP contribution in [0.1, 0.15) is 21.3 Å². The summed E-state index contributed by atoms with van der Waals surface area (Å²) in [5, 5.41) is 1.52. The number of aryl methyl sites for hydroxylation is 2. The zero-order valence-electron chi connectivity index (χ0n) is 16.3. The van der Waals surface area contributed by atoms with Gasteiger partial charge in [0.15, 0.2) is 0 Å². The van der Waals surface area contributed by atoms with Crippen molar-refractivity contribution < 1.29 is 13.6 Å². The van der Waals surface area contributed by atoms with E-state index in [2.05, 4.69) is 9.97 Å². The van der Waals surface area contributed by atoms with Crippen LogP contribution in [0.2, 0.25) is 0 Å². The van der Waals surface area contributed by atoms with Crippen molar-refractivity contribution in [1.82, 2.24) is 15.0 Å². The van der Waals surface area contributed by atoms with Crippen LogP contribution in [0, 0.1) is 25.5 Å². The monoisotopic (exact) mass is 441 g/mol. The van der Waals surface area contributed by atoms with Crippen LogP contribution in [0.3, 0.4) is 0 Å². The summed E-state index contributed by atoms with van der Waals surface area (Å²) in [5.74, 6) is -1.72. The van der Waals surface area contributed by atoms with E-state index in [1.807, 2.05) is 26.0 Å². The van der Waals surface area contributed by atoms with E-state index < -0.39 is 11.6 Å². The quantitative estimate of drug-likeness (QED) is 0.392. The van der Waals surface area contributed by atoms with Crippen LogP contribution in [0.25, 0.3) is 21.0 Å². The second-order valence-electron chi connectivity index (χ2n) is 6.77. The molecule has 4 rings (SSSR count). The summed E-state index contributed by atoms with van der Waals surface area (Å²) in [6.45, 7) is 3.86. The summed E-state index contributed by atoms with van der Waals surface area (Å²) in [6, 6.07) is 7.37. The van der Waals surface area contributed by atoms with Crippen LogP contribution in [0.4, 0.5) is 8.78 Å². The second-order valence-corrected chi connectivity index (χ2v) is 9.05.